The zero-order valence-electron chi connectivity index (χ0n) is 13.5. The number of quaternary nitrogens is 1. The van der Waals surface area contributed by atoms with Crippen molar-refractivity contribution < 1.29 is 4.90 Å². The molecule has 1 aromatic carbocycles. The van der Waals surface area contributed by atoms with E-state index >= 15 is 0 Å². The van der Waals surface area contributed by atoms with Gasteiger partial charge in [-0.15, -0.1) is 0 Å². The molecule has 112 valence electrons. The molecule has 0 aliphatic carbocycles. The van der Waals surface area contributed by atoms with Gasteiger partial charge >= 0.3 is 130 Å². The number of nitrogens with one attached hydrogen (secondary N) is 1. The predicted molar refractivity (Wildman–Crippen MR) is 91.1 cm³/mol. The Hall–Kier alpha value is -0.281. The third kappa shape index (κ3) is 3.88. The van der Waals surface area contributed by atoms with Crippen molar-refractivity contribution in [1.29, 1.82) is 0 Å². The minimum atomic E-state index is -1.70. The van der Waals surface area contributed by atoms with E-state index < -0.39 is 5.81 Å². The number of aliphatic imine (C=N–C) groups is 1. The van der Waals surface area contributed by atoms with Crippen molar-refractivity contribution >= 4 is 32.2 Å². The summed E-state index contributed by atoms with van der Waals surface area (Å²) in [4.78, 5) is 6.18. The molecule has 20 heavy (non-hydrogen) atoms. The first-order chi connectivity index (χ1) is 9.19. The van der Waals surface area contributed by atoms with Crippen LogP contribution >= 0.6 is 5.81 Å². The number of hydrogen-bond acceptors (Lipinski definition) is 3. The van der Waals surface area contributed by atoms with Gasteiger partial charge in [0.1, 0.15) is 0 Å². The molecule has 0 unspecified atom stereocenters. The number of aryl methyl sites for hydroxylation is 1. The Morgan fingerprint density at radius 3 is 1.85 bits per heavy atom. The predicted octanol–water partition coefficient (Wildman–Crippen LogP) is 1.18. The number of hydrogen-bond donors (Lipinski definition) is 1. The molecule has 0 spiro atoms. The summed E-state index contributed by atoms with van der Waals surface area (Å²) in [6, 6.07) is 8.36. The molecule has 1 aromatic rings. The van der Waals surface area contributed by atoms with Crippen molar-refractivity contribution in [2.75, 3.05) is 42.3 Å². The topological polar surface area (TPSA) is 23.3 Å². The Morgan fingerprint density at radius 2 is 1.50 bits per heavy atom. The molecule has 0 atom stereocenters. The third-order valence-electron chi connectivity index (χ3n) is 3.08. The Kier molecular flexibility index (Phi) is 6.33. The first-order valence-electron chi connectivity index (χ1n) is 6.61. The summed E-state index contributed by atoms with van der Waals surface area (Å²) in [5, 5.41) is 0. The van der Waals surface area contributed by atoms with Gasteiger partial charge in [0.05, 0.1) is 0 Å². The average Bonchev–Trinajstić information content (AvgIpc) is 2.36. The molecule has 0 aliphatic heterocycles. The molecule has 1 rings (SSSR count). The van der Waals surface area contributed by atoms with Gasteiger partial charge in [-0.05, 0) is 0 Å². The standard InChI is InChI=1S/C14H25N4PSe/c1-12-8-10-13(11-9-12)15-14(16(2)3)19(20,17(4)5)18(6)7/h8-11H,1-7H3/p+1. The second-order valence-corrected chi connectivity index (χ2v) is 11.8. The number of rotatable bonds is 4. The van der Waals surface area contributed by atoms with Gasteiger partial charge in [-0.2, -0.15) is 0 Å². The Labute approximate surface area is 130 Å². The van der Waals surface area contributed by atoms with Gasteiger partial charge in [0.25, 0.3) is 0 Å². The molecule has 0 bridgehead atoms. The molecule has 0 radical (unpaired) electrons. The van der Waals surface area contributed by atoms with Crippen molar-refractivity contribution in [3.05, 3.63) is 29.8 Å². The van der Waals surface area contributed by atoms with Gasteiger partial charge in [-0.25, -0.2) is 0 Å². The number of benzene rings is 1. The Balaban J connectivity index is 3.37. The molecule has 0 aliphatic rings. The SMILES string of the molecule is Cc1ccc(N=C([NH+](C)C)P(=[Se])(N(C)C)N(C)C)cc1. The summed E-state index contributed by atoms with van der Waals surface area (Å²) in [5.74, 6) is -1.70. The fourth-order valence-corrected chi connectivity index (χ4v) is 5.65. The van der Waals surface area contributed by atoms with E-state index in [1.165, 1.54) is 10.5 Å². The van der Waals surface area contributed by atoms with E-state index in [9.17, 15) is 0 Å². The van der Waals surface area contributed by atoms with Crippen LogP contribution in [0.1, 0.15) is 5.56 Å². The van der Waals surface area contributed by atoms with Crippen LogP contribution in [0.5, 0.6) is 0 Å². The molecule has 0 fully saturated rings. The van der Waals surface area contributed by atoms with E-state index in [0.717, 1.165) is 11.3 Å². The summed E-state index contributed by atoms with van der Waals surface area (Å²) in [6.45, 7) is 2.09. The maximum absolute atomic E-state index is 4.93. The van der Waals surface area contributed by atoms with Gasteiger partial charge in [0.15, 0.2) is 0 Å². The van der Waals surface area contributed by atoms with Crippen LogP contribution in [-0.2, 0) is 0 Å². The minimum absolute atomic E-state index is 1.01. The van der Waals surface area contributed by atoms with Crippen LogP contribution in [0.25, 0.3) is 0 Å². The van der Waals surface area contributed by atoms with E-state index in [1.54, 1.807) is 0 Å². The van der Waals surface area contributed by atoms with E-state index in [-0.39, 0.29) is 0 Å². The van der Waals surface area contributed by atoms with Gasteiger partial charge in [0, 0.05) is 0 Å². The molecule has 0 amide bonds. The van der Waals surface area contributed by atoms with Crippen molar-refractivity contribution in [3.8, 4) is 0 Å². The monoisotopic (exact) mass is 361 g/mol. The zero-order chi connectivity index (χ0) is 15.5. The van der Waals surface area contributed by atoms with Crippen LogP contribution in [0.3, 0.4) is 0 Å². The Bertz CT molecular complexity index is 508. The van der Waals surface area contributed by atoms with Gasteiger partial charge in [-0.1, -0.05) is 0 Å². The van der Waals surface area contributed by atoms with Gasteiger partial charge < -0.3 is 0 Å². The van der Waals surface area contributed by atoms with Gasteiger partial charge in [-0.3, -0.25) is 0 Å². The maximum atomic E-state index is 4.93. The van der Waals surface area contributed by atoms with Crippen molar-refractivity contribution in [1.82, 2.24) is 9.34 Å². The van der Waals surface area contributed by atoms with E-state index in [0.29, 0.717) is 0 Å². The summed E-state index contributed by atoms with van der Waals surface area (Å²) < 4.78 is 4.51. The van der Waals surface area contributed by atoms with Crippen molar-refractivity contribution in [3.63, 3.8) is 0 Å². The molecule has 0 aromatic heterocycles. The molecular weight excluding hydrogens is 334 g/mol. The number of amidine groups is 1. The molecule has 1 N–H and O–H groups in total. The second-order valence-electron chi connectivity index (χ2n) is 5.51. The second kappa shape index (κ2) is 7.13. The van der Waals surface area contributed by atoms with Crippen molar-refractivity contribution in [2.45, 2.75) is 6.92 Å². The van der Waals surface area contributed by atoms with Crippen LogP contribution in [0.2, 0.25) is 0 Å². The quantitative estimate of drug-likeness (QED) is 0.377. The summed E-state index contributed by atoms with van der Waals surface area (Å²) in [7, 11) is 12.7. The summed E-state index contributed by atoms with van der Waals surface area (Å²) >= 11 is 3.41. The van der Waals surface area contributed by atoms with Crippen LogP contribution in [0.15, 0.2) is 29.3 Å². The first kappa shape index (κ1) is 17.8. The zero-order valence-corrected chi connectivity index (χ0v) is 16.1. The van der Waals surface area contributed by atoms with E-state index in [1.807, 2.05) is 0 Å². The van der Waals surface area contributed by atoms with Gasteiger partial charge in [0.2, 0.25) is 0 Å². The molecule has 6 heteroatoms. The number of nitrogens with zero attached hydrogens (tertiary/aromatic N) is 3. The first-order valence-corrected chi connectivity index (χ1v) is 10.5. The molecule has 0 saturated carbocycles. The van der Waals surface area contributed by atoms with E-state index in [4.69, 9.17) is 4.99 Å². The fraction of sp³-hybridized carbons (Fsp3) is 0.500. The van der Waals surface area contributed by atoms with Crippen LogP contribution in [0, 0.1) is 6.92 Å². The summed E-state index contributed by atoms with van der Waals surface area (Å²) in [6.07, 6.45) is 0. The van der Waals surface area contributed by atoms with E-state index in [2.05, 4.69) is 97.9 Å². The van der Waals surface area contributed by atoms with Crippen molar-refractivity contribution in [2.24, 2.45) is 4.99 Å². The van der Waals surface area contributed by atoms with Crippen LogP contribution < -0.4 is 4.90 Å². The normalized spacial score (nSPS) is 13.6. The molecule has 0 saturated heterocycles. The van der Waals surface area contributed by atoms with Crippen LogP contribution in [-0.4, -0.2) is 72.3 Å². The fourth-order valence-electron chi connectivity index (χ4n) is 1.95. The molecule has 4 nitrogen and oxygen atoms in total. The summed E-state index contributed by atoms with van der Waals surface area (Å²) in [5.41, 5.74) is 3.42. The van der Waals surface area contributed by atoms with Crippen LogP contribution in [0.4, 0.5) is 5.69 Å². The third-order valence-corrected chi connectivity index (χ3v) is 11.5. The molecular formula is C14H26N4PSe+. The Morgan fingerprint density at radius 1 is 1.05 bits per heavy atom. The average molecular weight is 360 g/mol. The molecule has 0 heterocycles.